The van der Waals surface area contributed by atoms with Gasteiger partial charge in [0, 0.05) is 85.5 Å². The van der Waals surface area contributed by atoms with E-state index in [1.54, 1.807) is 0 Å². The molecule has 0 unspecified atom stereocenters. The Hall–Kier alpha value is 3.30. The van der Waals surface area contributed by atoms with Crippen LogP contribution in [0.4, 0.5) is 0 Å². The van der Waals surface area contributed by atoms with Gasteiger partial charge in [0.1, 0.15) is 0 Å². The quantitative estimate of drug-likeness (QED) is 0.167. The van der Waals surface area contributed by atoms with E-state index in [0.29, 0.717) is 9.47 Å². The van der Waals surface area contributed by atoms with Gasteiger partial charge in [-0.1, -0.05) is 7.43 Å². The Morgan fingerprint density at radius 2 is 0.941 bits per heavy atom. The molecule has 0 aliphatic rings. The third-order valence-corrected chi connectivity index (χ3v) is 0. The summed E-state index contributed by atoms with van der Waals surface area (Å²) in [5, 5.41) is 27.3. The van der Waals surface area contributed by atoms with Crippen LogP contribution >= 0.6 is 40.0 Å². The summed E-state index contributed by atoms with van der Waals surface area (Å²) in [4.78, 5) is 16.7. The van der Waals surface area contributed by atoms with Crippen LogP contribution in [0.15, 0.2) is 0 Å². The molecule has 0 aromatic carbocycles. The molecule has 0 aliphatic carbocycles. The van der Waals surface area contributed by atoms with Gasteiger partial charge in [-0.3, -0.25) is 0 Å². The molecule has 0 rings (SSSR count). The van der Waals surface area contributed by atoms with Gasteiger partial charge in [0.05, 0.1) is 0 Å². The molecule has 2 N–H and O–H groups in total. The summed E-state index contributed by atoms with van der Waals surface area (Å²) in [7, 11) is 0.628. The van der Waals surface area contributed by atoms with E-state index in [1.165, 1.54) is 0 Å². The van der Waals surface area contributed by atoms with Gasteiger partial charge < -0.3 is 25.3 Å². The summed E-state index contributed by atoms with van der Waals surface area (Å²) >= 11 is 4.74. The molecule has 8 nitrogen and oxygen atoms in total. The van der Waals surface area contributed by atoms with Crippen LogP contribution in [-0.4, -0.2) is 20.6 Å². The minimum Gasteiger partial charge on any atom is 0 e. The van der Waals surface area contributed by atoms with Gasteiger partial charge in [0.15, 0.2) is 0 Å². The van der Waals surface area contributed by atoms with Crippen LogP contribution < -0.4 is 0 Å². The number of hydrogen-bond donors (Lipinski definition) is 2. The summed E-state index contributed by atoms with van der Waals surface area (Å²) < 4.78 is 0. The Labute approximate surface area is 194 Å². The van der Waals surface area contributed by atoms with Crippen molar-refractivity contribution in [3.63, 3.8) is 0 Å². The second-order valence-electron chi connectivity index (χ2n) is 0.540. The molecule has 0 aromatic rings. The molecule has 3 radical (unpaired) electrons. The molecule has 0 atom stereocenters. The molecule has 0 aliphatic heterocycles. The van der Waals surface area contributed by atoms with E-state index in [1.807, 2.05) is 0 Å². The van der Waals surface area contributed by atoms with Crippen LogP contribution in [0.1, 0.15) is 7.43 Å². The topological polar surface area (TPSA) is 127 Å². The molecule has 0 spiro atoms. The fraction of sp³-hybridized carbons (Fsp3) is 0.333. The first-order valence-electron chi connectivity index (χ1n) is 1.47. The van der Waals surface area contributed by atoms with Gasteiger partial charge in [-0.05, 0) is 0 Å². The van der Waals surface area contributed by atoms with E-state index in [4.69, 9.17) is 30.6 Å². The summed E-state index contributed by atoms with van der Waals surface area (Å²) in [6, 6.07) is 0. The van der Waals surface area contributed by atoms with Crippen molar-refractivity contribution in [3.05, 3.63) is 35.1 Å². The smallest absolute Gasteiger partial charge is 0 e. The monoisotopic (exact) mass is 848 g/mol. The predicted octanol–water partition coefficient (Wildman–Crippen LogP) is 2.60. The second kappa shape index (κ2) is 60.9. The Bertz CT molecular complexity index is 111. The second-order valence-corrected chi connectivity index (χ2v) is 12.3. The zero-order valence-corrected chi connectivity index (χ0v) is 21.9. The Kier molecular flexibility index (Phi) is 212. The van der Waals surface area contributed by atoms with Crippen molar-refractivity contribution in [1.82, 2.24) is 0 Å². The van der Waals surface area contributed by atoms with Gasteiger partial charge >= 0.3 is 49.4 Å². The SMILES string of the molecule is C.O=[N+]([O-])O.O=[N+]([O-])O.[CH3-].[CH3-].[I][V][I].[Ir].[Y].[Y]. The van der Waals surface area contributed by atoms with Crippen LogP contribution in [0.2, 0.25) is 0 Å². The maximum Gasteiger partial charge on any atom is 0 e. The number of halogens is 2. The van der Waals surface area contributed by atoms with Crippen molar-refractivity contribution in [2.75, 3.05) is 0 Å². The molecule has 0 saturated heterocycles. The van der Waals surface area contributed by atoms with Crippen molar-refractivity contribution in [2.24, 2.45) is 0 Å². The molecule has 0 saturated carbocycles. The zero-order chi connectivity index (χ0) is 9.86. The van der Waals surface area contributed by atoms with Gasteiger partial charge in [-0.2, -0.15) is 0 Å². The Morgan fingerprint density at radius 3 is 0.941 bits per heavy atom. The largest absolute Gasteiger partial charge is 0 e. The molecule has 0 bridgehead atoms. The molecular formula is C3H12I2IrN2O6VY2-2. The number of nitrogens with zero attached hydrogens (tertiary/aromatic N) is 2. The minimum absolute atomic E-state index is 0. The maximum absolute atomic E-state index is 8.36. The fourth-order valence-corrected chi connectivity index (χ4v) is 0. The third kappa shape index (κ3) is 530. The summed E-state index contributed by atoms with van der Waals surface area (Å²) in [6.07, 6.45) is 0. The molecule has 14 heteroatoms. The van der Waals surface area contributed by atoms with Crippen LogP contribution in [-0.2, 0) is 95.0 Å². The first-order chi connectivity index (χ1) is 4.88. The van der Waals surface area contributed by atoms with E-state index >= 15 is 0 Å². The molecule has 0 heterocycles. The summed E-state index contributed by atoms with van der Waals surface area (Å²) in [5.74, 6) is 0. The van der Waals surface area contributed by atoms with Crippen molar-refractivity contribution in [3.8, 4) is 0 Å². The van der Waals surface area contributed by atoms with E-state index in [-0.39, 0.29) is 108 Å². The minimum atomic E-state index is -1.50. The molecule has 0 fully saturated rings. The number of rotatable bonds is 0. The Morgan fingerprint density at radius 1 is 0.941 bits per heavy atom. The van der Waals surface area contributed by atoms with Crippen LogP contribution in [0.5, 0.6) is 0 Å². The molecule has 106 valence electrons. The maximum atomic E-state index is 8.36. The van der Waals surface area contributed by atoms with Crippen LogP contribution in [0, 0.1) is 35.1 Å². The van der Waals surface area contributed by atoms with Crippen LogP contribution in [0.3, 0.4) is 0 Å². The normalized spacial score (nSPS) is 3.65. The molecule has 0 amide bonds. The summed E-state index contributed by atoms with van der Waals surface area (Å²) in [5.41, 5.74) is 0. The first kappa shape index (κ1) is 59.2. The van der Waals surface area contributed by atoms with E-state index < -0.39 is 10.2 Å². The predicted molar refractivity (Wildman–Crippen MR) is 65.2 cm³/mol. The van der Waals surface area contributed by atoms with Gasteiger partial charge in [0.25, 0.3) is 10.2 Å². The van der Waals surface area contributed by atoms with E-state index in [9.17, 15) is 0 Å². The van der Waals surface area contributed by atoms with Crippen molar-refractivity contribution < 1.29 is 116 Å². The summed E-state index contributed by atoms with van der Waals surface area (Å²) in [6.45, 7) is 0. The standard InChI is InChI=1S/CH4.2CH3.2HI.Ir.2HNO3.V.2Y/c;;;;;;2*2-1(3)4;;;/h1H4;2*1H3;2*1H;;2*(H,2,3,4);;;/q;2*-1;;;;;;+2;;/p-2. The molecule has 0 aromatic heterocycles. The average Bonchev–Trinajstić information content (AvgIpc) is 1.60. The average molecular weight is 847 g/mol. The molecule has 17 heavy (non-hydrogen) atoms. The molecular weight excluding hydrogens is 835 g/mol. The van der Waals surface area contributed by atoms with Gasteiger partial charge in [0.2, 0.25) is 0 Å². The van der Waals surface area contributed by atoms with E-state index in [2.05, 4.69) is 40.0 Å². The van der Waals surface area contributed by atoms with E-state index in [0.717, 1.165) is 0 Å². The third-order valence-electron chi connectivity index (χ3n) is 0. The van der Waals surface area contributed by atoms with Crippen molar-refractivity contribution in [2.45, 2.75) is 7.43 Å². The van der Waals surface area contributed by atoms with Gasteiger partial charge in [-0.25, -0.2) is 0 Å². The zero-order valence-electron chi connectivity index (χ0n) is 8.11. The Balaban J connectivity index is -0.00000000691. The number of hydrogen-bond acceptors (Lipinski definition) is 4. The van der Waals surface area contributed by atoms with Crippen LogP contribution in [0.25, 0.3) is 0 Å². The van der Waals surface area contributed by atoms with Gasteiger partial charge in [-0.15, -0.1) is 20.2 Å². The first-order valence-corrected chi connectivity index (χ1v) is 10.5. The van der Waals surface area contributed by atoms with Crippen molar-refractivity contribution in [1.29, 1.82) is 0 Å². The van der Waals surface area contributed by atoms with Crippen molar-refractivity contribution >= 4 is 40.0 Å². The fourth-order valence-electron chi connectivity index (χ4n) is 0.